The average molecular weight is 471 g/mol. The Bertz CT molecular complexity index is 279. The molecule has 2 atom stereocenters. The second-order valence-corrected chi connectivity index (χ2v) is 4.35. The van der Waals surface area contributed by atoms with E-state index in [0.717, 1.165) is 0 Å². The number of carboxylic acids is 2. The minimum Gasteiger partial charge on any atom is -0.550 e. The molecule has 0 aromatic heterocycles. The van der Waals surface area contributed by atoms with Crippen molar-refractivity contribution in [3.8, 4) is 0 Å². The van der Waals surface area contributed by atoms with E-state index in [1.54, 1.807) is 0 Å². The standard InChI is InChI=1S/C8H18N2O2.C3H4O4.Pt/c1-5(2)8-11-6(3-9)7(4-10)12-8;4-2(5)1-3(6)7;/h5-8H,3-4,9-10H2,1-2H3;1H2,(H,4,5)(H,6,7);/q;;+2/p-2. The maximum atomic E-state index is 9.28. The van der Waals surface area contributed by atoms with Crippen molar-refractivity contribution in [2.24, 2.45) is 17.4 Å². The van der Waals surface area contributed by atoms with Crippen LogP contribution in [0.5, 0.6) is 0 Å². The van der Waals surface area contributed by atoms with Crippen LogP contribution in [0.1, 0.15) is 20.3 Å². The van der Waals surface area contributed by atoms with Crippen LogP contribution in [-0.4, -0.2) is 43.5 Å². The Labute approximate surface area is 132 Å². The van der Waals surface area contributed by atoms with Crippen molar-refractivity contribution in [1.82, 2.24) is 0 Å². The van der Waals surface area contributed by atoms with Crippen LogP contribution < -0.4 is 21.7 Å². The van der Waals surface area contributed by atoms with Crippen molar-refractivity contribution in [3.05, 3.63) is 0 Å². The quantitative estimate of drug-likeness (QED) is 0.393. The number of nitrogens with two attached hydrogens (primary N) is 2. The van der Waals surface area contributed by atoms with E-state index in [-0.39, 0.29) is 39.6 Å². The van der Waals surface area contributed by atoms with Gasteiger partial charge in [0.2, 0.25) is 0 Å². The molecule has 0 radical (unpaired) electrons. The summed E-state index contributed by atoms with van der Waals surface area (Å²) in [6, 6.07) is 0. The summed E-state index contributed by atoms with van der Waals surface area (Å²) in [7, 11) is 0. The molecular weight excluding hydrogens is 451 g/mol. The van der Waals surface area contributed by atoms with Crippen LogP contribution in [0.15, 0.2) is 0 Å². The third kappa shape index (κ3) is 8.60. The van der Waals surface area contributed by atoms with Crippen molar-refractivity contribution < 1.29 is 50.3 Å². The fourth-order valence-electron chi connectivity index (χ4n) is 1.40. The predicted octanol–water partition coefficient (Wildman–Crippen LogP) is -3.46. The summed E-state index contributed by atoms with van der Waals surface area (Å²) in [6.45, 7) is 5.06. The summed E-state index contributed by atoms with van der Waals surface area (Å²) >= 11 is 0. The zero-order valence-electron chi connectivity index (χ0n) is 11.4. The van der Waals surface area contributed by atoms with E-state index >= 15 is 0 Å². The summed E-state index contributed by atoms with van der Waals surface area (Å²) in [5, 5.41) is 18.6. The van der Waals surface area contributed by atoms with E-state index in [2.05, 4.69) is 13.8 Å². The Kier molecular flexibility index (Phi) is 12.1. The first-order valence-corrected chi connectivity index (χ1v) is 5.92. The molecule has 0 aromatic rings. The summed E-state index contributed by atoms with van der Waals surface area (Å²) in [5.74, 6) is -2.89. The van der Waals surface area contributed by atoms with Gasteiger partial charge in [0.15, 0.2) is 6.29 Å². The van der Waals surface area contributed by atoms with Crippen LogP contribution in [0.2, 0.25) is 0 Å². The number of hydrogen-bond acceptors (Lipinski definition) is 8. The van der Waals surface area contributed by atoms with Gasteiger partial charge in [-0.15, -0.1) is 0 Å². The molecule has 0 saturated carbocycles. The second kappa shape index (κ2) is 11.2. The van der Waals surface area contributed by atoms with Gasteiger partial charge >= 0.3 is 21.1 Å². The van der Waals surface area contributed by atoms with Crippen molar-refractivity contribution in [2.75, 3.05) is 13.1 Å². The van der Waals surface area contributed by atoms with Crippen LogP contribution in [-0.2, 0) is 40.1 Å². The van der Waals surface area contributed by atoms with Gasteiger partial charge in [0.25, 0.3) is 0 Å². The van der Waals surface area contributed by atoms with Gasteiger partial charge in [-0.1, -0.05) is 13.8 Å². The topological polar surface area (TPSA) is 151 Å². The Morgan fingerprint density at radius 2 is 1.40 bits per heavy atom. The van der Waals surface area contributed by atoms with Crippen molar-refractivity contribution in [3.63, 3.8) is 0 Å². The third-order valence-electron chi connectivity index (χ3n) is 2.33. The van der Waals surface area contributed by atoms with Gasteiger partial charge in [0, 0.05) is 37.4 Å². The molecule has 0 spiro atoms. The molecular formula is C11H20N2O6Pt. The fourth-order valence-corrected chi connectivity index (χ4v) is 1.40. The molecule has 1 aliphatic heterocycles. The number of carbonyl (C=O) groups excluding carboxylic acids is 2. The molecule has 1 fully saturated rings. The summed E-state index contributed by atoms with van der Waals surface area (Å²) in [6.07, 6.45) is -1.21. The predicted molar refractivity (Wildman–Crippen MR) is 61.1 cm³/mol. The van der Waals surface area contributed by atoms with Gasteiger partial charge in [-0.3, -0.25) is 0 Å². The monoisotopic (exact) mass is 471 g/mol. The smallest absolute Gasteiger partial charge is 0.550 e. The molecule has 120 valence electrons. The summed E-state index contributed by atoms with van der Waals surface area (Å²) in [4.78, 5) is 18.6. The molecule has 0 amide bonds. The number of hydrogen-bond donors (Lipinski definition) is 2. The molecule has 8 nitrogen and oxygen atoms in total. The summed E-state index contributed by atoms with van der Waals surface area (Å²) in [5.41, 5.74) is 11.0. The van der Waals surface area contributed by atoms with E-state index in [4.69, 9.17) is 20.9 Å². The minimum absolute atomic E-state index is 0. The van der Waals surface area contributed by atoms with E-state index in [9.17, 15) is 19.8 Å². The van der Waals surface area contributed by atoms with Gasteiger partial charge in [0.05, 0.1) is 0 Å². The van der Waals surface area contributed by atoms with Crippen molar-refractivity contribution in [1.29, 1.82) is 0 Å². The van der Waals surface area contributed by atoms with Crippen LogP contribution >= 0.6 is 0 Å². The van der Waals surface area contributed by atoms with E-state index in [1.165, 1.54) is 0 Å². The normalized spacial score (nSPS) is 24.6. The fraction of sp³-hybridized carbons (Fsp3) is 0.818. The number of aliphatic carboxylic acids is 2. The van der Waals surface area contributed by atoms with Gasteiger partial charge in [0.1, 0.15) is 12.2 Å². The zero-order chi connectivity index (χ0) is 15.0. The molecule has 0 aromatic carbocycles. The second-order valence-electron chi connectivity index (χ2n) is 4.35. The molecule has 1 heterocycles. The first-order valence-electron chi connectivity index (χ1n) is 5.92. The molecule has 1 aliphatic rings. The molecule has 1 saturated heterocycles. The number of carbonyl (C=O) groups is 2. The SMILES string of the molecule is CC(C)C1OC(CN)C(CN)O1.O=C([O-])CC(=O)[O-].[Pt+2]. The molecule has 0 aliphatic carbocycles. The average Bonchev–Trinajstić information content (AvgIpc) is 2.71. The minimum atomic E-state index is -1.63. The molecule has 0 bridgehead atoms. The van der Waals surface area contributed by atoms with Gasteiger partial charge in [-0.25, -0.2) is 0 Å². The summed E-state index contributed by atoms with van der Waals surface area (Å²) < 4.78 is 11.1. The van der Waals surface area contributed by atoms with Crippen molar-refractivity contribution in [2.45, 2.75) is 38.8 Å². The zero-order valence-corrected chi connectivity index (χ0v) is 13.6. The Morgan fingerprint density at radius 3 is 1.55 bits per heavy atom. The first kappa shape index (κ1) is 21.8. The molecule has 20 heavy (non-hydrogen) atoms. The number of ether oxygens (including phenoxy) is 2. The third-order valence-corrected chi connectivity index (χ3v) is 2.33. The molecule has 1 rings (SSSR count). The van der Waals surface area contributed by atoms with Crippen molar-refractivity contribution >= 4 is 11.9 Å². The van der Waals surface area contributed by atoms with Gasteiger partial charge < -0.3 is 40.7 Å². The number of carboxylic acid groups (broad SMARTS) is 2. The van der Waals surface area contributed by atoms with Crippen LogP contribution in [0.4, 0.5) is 0 Å². The van der Waals surface area contributed by atoms with Gasteiger partial charge in [-0.2, -0.15) is 0 Å². The van der Waals surface area contributed by atoms with E-state index in [1.807, 2.05) is 0 Å². The molecule has 4 N–H and O–H groups in total. The maximum Gasteiger partial charge on any atom is 2.00 e. The number of rotatable bonds is 5. The van der Waals surface area contributed by atoms with E-state index in [0.29, 0.717) is 19.0 Å². The van der Waals surface area contributed by atoms with Gasteiger partial charge in [-0.05, 0) is 0 Å². The Morgan fingerprint density at radius 1 is 1.05 bits per heavy atom. The molecule has 2 unspecified atom stereocenters. The van der Waals surface area contributed by atoms with Crippen LogP contribution in [0.3, 0.4) is 0 Å². The van der Waals surface area contributed by atoms with E-state index < -0.39 is 18.4 Å². The molecule has 9 heteroatoms. The maximum absolute atomic E-state index is 9.28. The largest absolute Gasteiger partial charge is 2.00 e. The Hall–Kier alpha value is -0.532. The van der Waals surface area contributed by atoms with Crippen LogP contribution in [0.25, 0.3) is 0 Å². The Balaban J connectivity index is 0. The first-order chi connectivity index (χ1) is 8.81. The van der Waals surface area contributed by atoms with Crippen LogP contribution in [0, 0.1) is 5.92 Å².